The summed E-state index contributed by atoms with van der Waals surface area (Å²) in [5.41, 5.74) is 1.55. The highest BCUT2D eigenvalue weighted by Crippen LogP contribution is 2.39. The molecule has 4 aromatic rings. The van der Waals surface area contributed by atoms with Crippen LogP contribution in [0.15, 0.2) is 53.6 Å². The van der Waals surface area contributed by atoms with Crippen LogP contribution >= 0.6 is 11.3 Å². The summed E-state index contributed by atoms with van der Waals surface area (Å²) in [4.78, 5) is 38.8. The van der Waals surface area contributed by atoms with E-state index in [0.717, 1.165) is 21.2 Å². The summed E-state index contributed by atoms with van der Waals surface area (Å²) in [7, 11) is 3.30. The lowest BCUT2D eigenvalue weighted by atomic mass is 10.1. The minimum Gasteiger partial charge on any atom is -0.486 e. The fraction of sp³-hybridized carbons (Fsp3) is 0.182. The molecule has 2 N–H and O–H groups in total. The van der Waals surface area contributed by atoms with Gasteiger partial charge in [-0.2, -0.15) is 13.2 Å². The molecule has 0 bridgehead atoms. The molecule has 0 saturated heterocycles. The molecule has 0 spiro atoms. The molecule has 8 nitrogen and oxygen atoms in total. The standard InChI is InChI=1S/C20H17N3O3S.C2HF3O2/c1-21-19(24)18-16(26-11-12-7-9-22-10-8-12)15-17(27-18)13-5-3-4-6-14(13)23(2)20(15)25;3-2(4,5)1(6)7/h3-10H,11H2,1-2H3,(H,21,24);(H,6,7). The Hall–Kier alpha value is -3.93. The van der Waals surface area contributed by atoms with Crippen LogP contribution in [0, 0.1) is 0 Å². The Morgan fingerprint density at radius 3 is 2.38 bits per heavy atom. The Morgan fingerprint density at radius 1 is 1.18 bits per heavy atom. The number of amides is 1. The molecule has 1 amide bonds. The molecule has 0 atom stereocenters. The molecule has 0 unspecified atom stereocenters. The number of carboxylic acids is 1. The van der Waals surface area contributed by atoms with Crippen LogP contribution in [-0.2, 0) is 18.4 Å². The van der Waals surface area contributed by atoms with Gasteiger partial charge in [-0.05, 0) is 23.8 Å². The molecule has 3 heterocycles. The van der Waals surface area contributed by atoms with Crippen molar-refractivity contribution in [1.82, 2.24) is 14.9 Å². The zero-order valence-electron chi connectivity index (χ0n) is 17.8. The second-order valence-corrected chi connectivity index (χ2v) is 7.89. The van der Waals surface area contributed by atoms with Crippen molar-refractivity contribution in [3.05, 3.63) is 69.6 Å². The number of halogens is 3. The number of aliphatic carboxylic acids is 1. The van der Waals surface area contributed by atoms with Crippen LogP contribution in [0.3, 0.4) is 0 Å². The van der Waals surface area contributed by atoms with Crippen LogP contribution in [-0.4, -0.2) is 39.8 Å². The highest BCUT2D eigenvalue weighted by Gasteiger charge is 2.38. The lowest BCUT2D eigenvalue weighted by Gasteiger charge is -2.09. The van der Waals surface area contributed by atoms with Gasteiger partial charge in [0.05, 0.1) is 10.2 Å². The molecule has 34 heavy (non-hydrogen) atoms. The summed E-state index contributed by atoms with van der Waals surface area (Å²) in [6.07, 6.45) is -1.73. The Bertz CT molecular complexity index is 1410. The number of fused-ring (bicyclic) bond motifs is 3. The third kappa shape index (κ3) is 5.01. The fourth-order valence-electron chi connectivity index (χ4n) is 3.07. The summed E-state index contributed by atoms with van der Waals surface area (Å²) < 4.78 is 40.1. The van der Waals surface area contributed by atoms with Crippen LogP contribution in [0.4, 0.5) is 13.2 Å². The number of nitrogens with one attached hydrogen (secondary N) is 1. The predicted molar refractivity (Wildman–Crippen MR) is 120 cm³/mol. The van der Waals surface area contributed by atoms with Crippen molar-refractivity contribution in [3.8, 4) is 5.75 Å². The molecule has 0 aliphatic carbocycles. The molecule has 1 aromatic carbocycles. The molecule has 0 aliphatic rings. The smallest absolute Gasteiger partial charge is 0.486 e. The van der Waals surface area contributed by atoms with E-state index in [9.17, 15) is 22.8 Å². The van der Waals surface area contributed by atoms with Gasteiger partial charge in [0.25, 0.3) is 11.5 Å². The number of pyridine rings is 2. The van der Waals surface area contributed by atoms with Gasteiger partial charge in [0.15, 0.2) is 5.75 Å². The number of rotatable bonds is 4. The van der Waals surface area contributed by atoms with Gasteiger partial charge in [0.2, 0.25) is 0 Å². The van der Waals surface area contributed by atoms with Gasteiger partial charge in [0.1, 0.15) is 16.9 Å². The van der Waals surface area contributed by atoms with Gasteiger partial charge in [-0.3, -0.25) is 14.6 Å². The second-order valence-electron chi connectivity index (χ2n) is 6.87. The van der Waals surface area contributed by atoms with Gasteiger partial charge in [-0.15, -0.1) is 11.3 Å². The molecular formula is C22H18F3N3O5S. The average molecular weight is 493 g/mol. The minimum atomic E-state index is -5.08. The third-order valence-electron chi connectivity index (χ3n) is 4.70. The maximum atomic E-state index is 13.0. The SMILES string of the molecule is CNC(=O)c1sc2c(c1OCc1ccncc1)c(=O)n(C)c1ccccc21.O=C(O)C(F)(F)F. The first-order chi connectivity index (χ1) is 16.1. The molecule has 4 rings (SSSR count). The van der Waals surface area contributed by atoms with Crippen LogP contribution < -0.4 is 15.6 Å². The van der Waals surface area contributed by atoms with Crippen molar-refractivity contribution in [2.45, 2.75) is 12.8 Å². The van der Waals surface area contributed by atoms with Crippen LogP contribution in [0.5, 0.6) is 5.75 Å². The van der Waals surface area contributed by atoms with E-state index in [1.54, 1.807) is 31.1 Å². The summed E-state index contributed by atoms with van der Waals surface area (Å²) in [6.45, 7) is 0.244. The molecule has 0 radical (unpaired) electrons. The van der Waals surface area contributed by atoms with Crippen LogP contribution in [0.2, 0.25) is 0 Å². The predicted octanol–water partition coefficient (Wildman–Crippen LogP) is 3.72. The number of alkyl halides is 3. The maximum Gasteiger partial charge on any atom is 0.490 e. The Labute approximate surface area is 194 Å². The molecule has 178 valence electrons. The number of carboxylic acid groups (broad SMARTS) is 1. The number of carbonyl (C=O) groups is 2. The molecule has 3 aromatic heterocycles. The minimum absolute atomic E-state index is 0.181. The van der Waals surface area contributed by atoms with E-state index in [0.29, 0.717) is 16.0 Å². The van der Waals surface area contributed by atoms with Crippen LogP contribution in [0.1, 0.15) is 15.2 Å². The number of hydrogen-bond donors (Lipinski definition) is 2. The molecule has 12 heteroatoms. The molecule has 0 fully saturated rings. The number of thiophene rings is 1. The molecular weight excluding hydrogens is 475 g/mol. The van der Waals surface area contributed by atoms with Crippen molar-refractivity contribution in [1.29, 1.82) is 0 Å². The van der Waals surface area contributed by atoms with Gasteiger partial charge < -0.3 is 19.7 Å². The zero-order valence-corrected chi connectivity index (χ0v) is 18.7. The van der Waals surface area contributed by atoms with Crippen molar-refractivity contribution in [3.63, 3.8) is 0 Å². The normalized spacial score (nSPS) is 11.1. The van der Waals surface area contributed by atoms with Gasteiger partial charge in [-0.1, -0.05) is 18.2 Å². The second kappa shape index (κ2) is 9.91. The van der Waals surface area contributed by atoms with Crippen molar-refractivity contribution in [2.75, 3.05) is 7.05 Å². The summed E-state index contributed by atoms with van der Waals surface area (Å²) >= 11 is 1.28. The van der Waals surface area contributed by atoms with Gasteiger partial charge in [0, 0.05) is 31.9 Å². The lowest BCUT2D eigenvalue weighted by Crippen LogP contribution is -2.21. The zero-order chi connectivity index (χ0) is 25.0. The van der Waals surface area contributed by atoms with E-state index in [4.69, 9.17) is 14.6 Å². The number of hydrogen-bond acceptors (Lipinski definition) is 6. The molecule has 0 saturated carbocycles. The Kier molecular flexibility index (Phi) is 7.20. The van der Waals surface area contributed by atoms with Crippen molar-refractivity contribution < 1.29 is 32.6 Å². The topological polar surface area (TPSA) is 111 Å². The first-order valence-electron chi connectivity index (χ1n) is 9.64. The quantitative estimate of drug-likeness (QED) is 0.448. The van der Waals surface area contributed by atoms with E-state index in [2.05, 4.69) is 10.3 Å². The van der Waals surface area contributed by atoms with Crippen molar-refractivity contribution in [2.24, 2.45) is 7.05 Å². The fourth-order valence-corrected chi connectivity index (χ4v) is 4.29. The van der Waals surface area contributed by atoms with E-state index in [1.807, 2.05) is 36.4 Å². The lowest BCUT2D eigenvalue weighted by molar-refractivity contribution is -0.192. The Morgan fingerprint density at radius 2 is 1.79 bits per heavy atom. The number of aryl methyl sites for hydroxylation is 1. The first kappa shape index (κ1) is 24.7. The Balaban J connectivity index is 0.000000406. The number of benzene rings is 1. The van der Waals surface area contributed by atoms with Gasteiger partial charge in [-0.25, -0.2) is 4.79 Å². The molecule has 0 aliphatic heterocycles. The van der Waals surface area contributed by atoms with Crippen molar-refractivity contribution >= 4 is 44.2 Å². The first-order valence-corrected chi connectivity index (χ1v) is 10.5. The highest BCUT2D eigenvalue weighted by molar-refractivity contribution is 7.22. The monoisotopic (exact) mass is 493 g/mol. The largest absolute Gasteiger partial charge is 0.490 e. The summed E-state index contributed by atoms with van der Waals surface area (Å²) in [6, 6.07) is 11.3. The summed E-state index contributed by atoms with van der Waals surface area (Å²) in [5, 5.41) is 11.1. The van der Waals surface area contributed by atoms with E-state index < -0.39 is 12.1 Å². The number of ether oxygens (including phenoxy) is 1. The highest BCUT2D eigenvalue weighted by atomic mass is 32.1. The van der Waals surface area contributed by atoms with E-state index in [-0.39, 0.29) is 18.1 Å². The summed E-state index contributed by atoms with van der Waals surface area (Å²) in [5.74, 6) is -2.70. The third-order valence-corrected chi connectivity index (χ3v) is 5.90. The van der Waals surface area contributed by atoms with E-state index in [1.165, 1.54) is 11.3 Å². The van der Waals surface area contributed by atoms with E-state index >= 15 is 0 Å². The number of para-hydroxylation sites is 1. The number of nitrogens with zero attached hydrogens (tertiary/aromatic N) is 2. The number of carbonyl (C=O) groups excluding carboxylic acids is 1. The number of aromatic nitrogens is 2. The maximum absolute atomic E-state index is 13.0. The van der Waals surface area contributed by atoms with Crippen LogP contribution in [0.25, 0.3) is 21.0 Å². The van der Waals surface area contributed by atoms with Gasteiger partial charge >= 0.3 is 12.1 Å². The average Bonchev–Trinajstić information content (AvgIpc) is 3.21.